The molecule has 1 atom stereocenters. The third kappa shape index (κ3) is 3.04. The number of H-pyrrole nitrogens is 1. The first-order valence-corrected chi connectivity index (χ1v) is 10.2. The van der Waals surface area contributed by atoms with Crippen molar-refractivity contribution in [3.63, 3.8) is 0 Å². The van der Waals surface area contributed by atoms with Gasteiger partial charge in [0.25, 0.3) is 5.91 Å². The lowest BCUT2D eigenvalue weighted by Gasteiger charge is -2.12. The first-order valence-electron chi connectivity index (χ1n) is 9.83. The van der Waals surface area contributed by atoms with Gasteiger partial charge in [0, 0.05) is 37.9 Å². The predicted octanol–water partition coefficient (Wildman–Crippen LogP) is 2.16. The molecular weight excluding hydrogens is 441 g/mol. The average molecular weight is 460 g/mol. The van der Waals surface area contributed by atoms with Crippen molar-refractivity contribution in [2.45, 2.75) is 12.5 Å². The number of methoxy groups -OCH3 is 1. The quantitative estimate of drug-likeness (QED) is 0.483. The maximum absolute atomic E-state index is 15.2. The van der Waals surface area contributed by atoms with Gasteiger partial charge in [0.15, 0.2) is 11.6 Å². The highest BCUT2D eigenvalue weighted by atomic mass is 35.5. The monoisotopic (exact) mass is 459 g/mol. The number of rotatable bonds is 4. The molecule has 3 aromatic heterocycles. The van der Waals surface area contributed by atoms with Crippen LogP contribution in [0.15, 0.2) is 24.8 Å². The number of nitrogens with one attached hydrogen (secondary N) is 1. The SMILES string of the molecule is COc1cc2c(-n3ccnc3)c(-c3nnc(C(=O)N4CC[C@@H](O)C4)[nH]3)n(C)c2c(F)c1Cl. The molecule has 0 saturated carbocycles. The number of aryl methyl sites for hydroxylation is 1. The van der Waals surface area contributed by atoms with Crippen LogP contribution in [0.1, 0.15) is 17.0 Å². The van der Waals surface area contributed by atoms with Crippen LogP contribution in [0, 0.1) is 5.82 Å². The Morgan fingerprint density at radius 3 is 2.88 bits per heavy atom. The Labute approximate surface area is 186 Å². The lowest BCUT2D eigenvalue weighted by molar-refractivity contribution is 0.0753. The summed E-state index contributed by atoms with van der Waals surface area (Å²) >= 11 is 6.17. The number of aromatic amines is 1. The molecule has 1 saturated heterocycles. The van der Waals surface area contributed by atoms with Gasteiger partial charge in [-0.15, -0.1) is 10.2 Å². The van der Waals surface area contributed by atoms with Crippen molar-refractivity contribution in [1.29, 1.82) is 0 Å². The van der Waals surface area contributed by atoms with E-state index in [0.29, 0.717) is 29.7 Å². The van der Waals surface area contributed by atoms with Crippen LogP contribution in [0.5, 0.6) is 5.75 Å². The van der Waals surface area contributed by atoms with E-state index >= 15 is 4.39 Å². The Balaban J connectivity index is 1.70. The van der Waals surface area contributed by atoms with E-state index in [2.05, 4.69) is 20.2 Å². The van der Waals surface area contributed by atoms with E-state index in [1.807, 2.05) is 0 Å². The second kappa shape index (κ2) is 7.61. The van der Waals surface area contributed by atoms with Crippen molar-refractivity contribution in [2.75, 3.05) is 20.2 Å². The molecule has 1 fully saturated rings. The van der Waals surface area contributed by atoms with Crippen LogP contribution in [-0.4, -0.2) is 71.5 Å². The number of carbonyl (C=O) groups is 1. The van der Waals surface area contributed by atoms with Gasteiger partial charge in [0.05, 0.1) is 30.7 Å². The van der Waals surface area contributed by atoms with E-state index in [4.69, 9.17) is 16.3 Å². The number of amides is 1. The first-order chi connectivity index (χ1) is 15.4. The summed E-state index contributed by atoms with van der Waals surface area (Å²) in [5.74, 6) is -0.509. The number of fused-ring (bicyclic) bond motifs is 1. The highest BCUT2D eigenvalue weighted by molar-refractivity contribution is 6.33. The molecule has 0 unspecified atom stereocenters. The Hall–Kier alpha value is -3.44. The van der Waals surface area contributed by atoms with Crippen LogP contribution in [0.25, 0.3) is 28.1 Å². The number of ether oxygens (including phenoxy) is 1. The number of imidazole rings is 1. The number of hydrogen-bond acceptors (Lipinski definition) is 6. The number of likely N-dealkylation sites (tertiary alicyclic amines) is 1. The minimum Gasteiger partial charge on any atom is -0.495 e. The summed E-state index contributed by atoms with van der Waals surface area (Å²) in [6.07, 6.45) is 4.86. The molecule has 4 heterocycles. The number of nitrogens with zero attached hydrogens (tertiary/aromatic N) is 6. The number of aliphatic hydroxyl groups is 1. The highest BCUT2D eigenvalue weighted by Gasteiger charge is 2.30. The van der Waals surface area contributed by atoms with Crippen LogP contribution >= 0.6 is 11.6 Å². The number of aromatic nitrogens is 6. The van der Waals surface area contributed by atoms with Gasteiger partial charge >= 0.3 is 0 Å². The predicted molar refractivity (Wildman–Crippen MR) is 113 cm³/mol. The molecule has 32 heavy (non-hydrogen) atoms. The molecule has 0 radical (unpaired) electrons. The Morgan fingerprint density at radius 1 is 1.41 bits per heavy atom. The topological polar surface area (TPSA) is 114 Å². The second-order valence-electron chi connectivity index (χ2n) is 7.55. The van der Waals surface area contributed by atoms with E-state index in [9.17, 15) is 9.90 Å². The van der Waals surface area contributed by atoms with E-state index in [0.717, 1.165) is 0 Å². The molecule has 0 bridgehead atoms. The maximum atomic E-state index is 15.2. The third-order valence-electron chi connectivity index (χ3n) is 5.64. The molecule has 10 nitrogen and oxygen atoms in total. The smallest absolute Gasteiger partial charge is 0.291 e. The fraction of sp³-hybridized carbons (Fsp3) is 0.300. The van der Waals surface area contributed by atoms with Crippen LogP contribution in [0.4, 0.5) is 4.39 Å². The van der Waals surface area contributed by atoms with Gasteiger partial charge in [-0.1, -0.05) is 11.6 Å². The molecule has 2 N–H and O–H groups in total. The van der Waals surface area contributed by atoms with Crippen LogP contribution in [-0.2, 0) is 7.05 Å². The zero-order valence-corrected chi connectivity index (χ0v) is 18.0. The second-order valence-corrected chi connectivity index (χ2v) is 7.92. The van der Waals surface area contributed by atoms with E-state index in [1.165, 1.54) is 12.0 Å². The average Bonchev–Trinajstić information content (AvgIpc) is 3.56. The normalized spacial score (nSPS) is 16.3. The number of carbonyl (C=O) groups excluding carboxylic acids is 1. The molecule has 4 aromatic rings. The molecule has 0 aliphatic carbocycles. The summed E-state index contributed by atoms with van der Waals surface area (Å²) in [7, 11) is 3.09. The van der Waals surface area contributed by atoms with E-state index in [1.54, 1.807) is 41.0 Å². The lowest BCUT2D eigenvalue weighted by Crippen LogP contribution is -2.30. The Morgan fingerprint density at radius 2 is 2.22 bits per heavy atom. The van der Waals surface area contributed by atoms with E-state index in [-0.39, 0.29) is 40.4 Å². The molecular formula is C20H19ClFN7O3. The summed E-state index contributed by atoms with van der Waals surface area (Å²) < 4.78 is 23.8. The summed E-state index contributed by atoms with van der Waals surface area (Å²) in [5, 5.41) is 18.3. The minimum atomic E-state index is -0.641. The first kappa shape index (κ1) is 20.5. The minimum absolute atomic E-state index is 0.0343. The standard InChI is InChI=1S/C20H19ClFN7O3/c1-27-15-11(7-12(32-2)13(21)14(15)22)16(29-6-4-23-9-29)17(27)18-24-19(26-25-18)20(31)28-5-3-10(30)8-28/h4,6-7,9-10,30H,3,5,8H2,1-2H3,(H,24,25,26)/t10-/m1/s1. The van der Waals surface area contributed by atoms with Crippen molar-refractivity contribution in [2.24, 2.45) is 7.05 Å². The van der Waals surface area contributed by atoms with Gasteiger partial charge in [0.1, 0.15) is 16.5 Å². The van der Waals surface area contributed by atoms with Crippen molar-refractivity contribution in [3.05, 3.63) is 41.5 Å². The zero-order valence-electron chi connectivity index (χ0n) is 17.2. The van der Waals surface area contributed by atoms with Gasteiger partial charge < -0.3 is 28.9 Å². The van der Waals surface area contributed by atoms with E-state index < -0.39 is 11.9 Å². The molecule has 12 heteroatoms. The summed E-state index contributed by atoms with van der Waals surface area (Å²) in [6, 6.07) is 1.65. The molecule has 0 spiro atoms. The van der Waals surface area contributed by atoms with Gasteiger partial charge in [0.2, 0.25) is 5.82 Å². The van der Waals surface area contributed by atoms with Crippen molar-refractivity contribution in [1.82, 2.24) is 34.2 Å². The van der Waals surface area contributed by atoms with Gasteiger partial charge in [-0.2, -0.15) is 0 Å². The molecule has 1 aliphatic rings. The fourth-order valence-electron chi connectivity index (χ4n) is 4.11. The van der Waals surface area contributed by atoms with Gasteiger partial charge in [-0.3, -0.25) is 4.79 Å². The highest BCUT2D eigenvalue weighted by Crippen LogP contribution is 2.41. The van der Waals surface area contributed by atoms with Crippen molar-refractivity contribution in [3.8, 4) is 23.0 Å². The number of aliphatic hydroxyl groups excluding tert-OH is 1. The van der Waals surface area contributed by atoms with Crippen LogP contribution in [0.3, 0.4) is 0 Å². The number of halogens is 2. The van der Waals surface area contributed by atoms with Crippen molar-refractivity contribution < 1.29 is 19.0 Å². The molecule has 1 aliphatic heterocycles. The number of hydrogen-bond donors (Lipinski definition) is 2. The molecule has 5 rings (SSSR count). The summed E-state index contributed by atoms with van der Waals surface area (Å²) in [5.41, 5.74) is 1.29. The lowest BCUT2D eigenvalue weighted by atomic mass is 10.2. The Bertz CT molecular complexity index is 1330. The molecule has 1 amide bonds. The third-order valence-corrected chi connectivity index (χ3v) is 6.00. The number of β-amino-alcohol motifs (C(OH)–C–C–N with tert-alkyl or cyclic N) is 1. The maximum Gasteiger partial charge on any atom is 0.291 e. The summed E-state index contributed by atoms with van der Waals surface area (Å²) in [4.78, 5) is 21.3. The molecule has 1 aromatic carbocycles. The molecule has 166 valence electrons. The van der Waals surface area contributed by atoms with Gasteiger partial charge in [-0.05, 0) is 12.5 Å². The number of benzene rings is 1. The van der Waals surface area contributed by atoms with Crippen LogP contribution in [0.2, 0.25) is 5.02 Å². The zero-order chi connectivity index (χ0) is 22.6. The Kier molecular flexibility index (Phi) is 4.86. The van der Waals surface area contributed by atoms with Gasteiger partial charge in [-0.25, -0.2) is 9.37 Å². The van der Waals surface area contributed by atoms with Crippen molar-refractivity contribution >= 4 is 28.4 Å². The fourth-order valence-corrected chi connectivity index (χ4v) is 4.33. The van der Waals surface area contributed by atoms with Crippen LogP contribution < -0.4 is 4.74 Å². The summed E-state index contributed by atoms with van der Waals surface area (Å²) in [6.45, 7) is 0.681. The largest absolute Gasteiger partial charge is 0.495 e.